The number of aromatic carboxylic acids is 1. The Kier molecular flexibility index (Phi) is 2.43. The lowest BCUT2D eigenvalue weighted by Gasteiger charge is -1.98. The van der Waals surface area contributed by atoms with Crippen molar-refractivity contribution < 1.29 is 14.3 Å². The molecular weight excluding hydrogens is 217 g/mol. The van der Waals surface area contributed by atoms with E-state index in [1.54, 1.807) is 0 Å². The summed E-state index contributed by atoms with van der Waals surface area (Å²) in [6.45, 7) is -0.651. The molecule has 0 aliphatic rings. The van der Waals surface area contributed by atoms with Gasteiger partial charge in [-0.15, -0.1) is 0 Å². The summed E-state index contributed by atoms with van der Waals surface area (Å²) < 4.78 is 13.3. The molecule has 0 unspecified atom stereocenters. The summed E-state index contributed by atoms with van der Waals surface area (Å²) in [6.07, 6.45) is 2.44. The number of aryl methyl sites for hydroxylation is 1. The number of fused-ring (bicyclic) bond motifs is 1. The van der Waals surface area contributed by atoms with Crippen LogP contribution in [0.5, 0.6) is 0 Å². The number of alkyl halides is 1. The molecular formula is C9H8FN3O3. The summed E-state index contributed by atoms with van der Waals surface area (Å²) in [6, 6.07) is 0. The highest BCUT2D eigenvalue weighted by Gasteiger charge is 2.13. The Morgan fingerprint density at radius 1 is 1.62 bits per heavy atom. The monoisotopic (exact) mass is 225 g/mol. The second kappa shape index (κ2) is 3.76. The third-order valence-corrected chi connectivity index (χ3v) is 2.19. The second-order valence-corrected chi connectivity index (χ2v) is 3.20. The summed E-state index contributed by atoms with van der Waals surface area (Å²) in [7, 11) is 0. The number of nitrogens with zero attached hydrogens (tertiary/aromatic N) is 2. The Morgan fingerprint density at radius 3 is 3.00 bits per heavy atom. The lowest BCUT2D eigenvalue weighted by molar-refractivity contribution is 0.0698. The van der Waals surface area contributed by atoms with Crippen LogP contribution in [-0.4, -0.2) is 32.3 Å². The van der Waals surface area contributed by atoms with Crippen LogP contribution in [0.25, 0.3) is 5.65 Å². The molecule has 16 heavy (non-hydrogen) atoms. The summed E-state index contributed by atoms with van der Waals surface area (Å²) in [5, 5.41) is 12.6. The van der Waals surface area contributed by atoms with Crippen molar-refractivity contribution in [1.29, 1.82) is 0 Å². The van der Waals surface area contributed by atoms with Gasteiger partial charge in [0.25, 0.3) is 5.56 Å². The van der Waals surface area contributed by atoms with Crippen LogP contribution in [0.15, 0.2) is 17.2 Å². The van der Waals surface area contributed by atoms with Crippen LogP contribution >= 0.6 is 0 Å². The van der Waals surface area contributed by atoms with E-state index < -0.39 is 18.2 Å². The van der Waals surface area contributed by atoms with E-state index in [2.05, 4.69) is 10.1 Å². The van der Waals surface area contributed by atoms with E-state index >= 15 is 0 Å². The molecule has 2 aromatic rings. The first kappa shape index (κ1) is 10.3. The number of hydrogen-bond donors (Lipinski definition) is 2. The number of carboxylic acid groups (broad SMARTS) is 1. The number of rotatable bonds is 3. The predicted octanol–water partition coefficient (Wildman–Crippen LogP) is 0.233. The molecule has 0 aromatic carbocycles. The number of carboxylic acids is 1. The van der Waals surface area contributed by atoms with E-state index in [0.29, 0.717) is 0 Å². The molecule has 2 aromatic heterocycles. The fraction of sp³-hybridized carbons (Fsp3) is 0.222. The highest BCUT2D eigenvalue weighted by atomic mass is 19.1. The van der Waals surface area contributed by atoms with Gasteiger partial charge in [0.15, 0.2) is 5.65 Å². The van der Waals surface area contributed by atoms with E-state index in [-0.39, 0.29) is 23.2 Å². The highest BCUT2D eigenvalue weighted by molar-refractivity contribution is 5.93. The SMILES string of the molecule is O=C(O)c1cnn2cc(CCF)c(=O)[nH]c12. The van der Waals surface area contributed by atoms with Gasteiger partial charge in [-0.2, -0.15) is 5.10 Å². The van der Waals surface area contributed by atoms with Gasteiger partial charge < -0.3 is 10.1 Å². The van der Waals surface area contributed by atoms with Gasteiger partial charge in [-0.05, 0) is 0 Å². The first-order chi connectivity index (χ1) is 7.63. The summed E-state index contributed by atoms with van der Waals surface area (Å²) in [5.41, 5.74) is -0.257. The van der Waals surface area contributed by atoms with Crippen molar-refractivity contribution in [2.24, 2.45) is 0 Å². The zero-order valence-corrected chi connectivity index (χ0v) is 8.11. The number of aromatic amines is 1. The lowest BCUT2D eigenvalue weighted by Crippen LogP contribution is -2.16. The van der Waals surface area contributed by atoms with Crippen molar-refractivity contribution in [3.05, 3.63) is 33.9 Å². The molecule has 0 aliphatic carbocycles. The van der Waals surface area contributed by atoms with Crippen LogP contribution in [0.3, 0.4) is 0 Å². The molecule has 0 saturated heterocycles. The van der Waals surface area contributed by atoms with Crippen molar-refractivity contribution in [1.82, 2.24) is 14.6 Å². The fourth-order valence-corrected chi connectivity index (χ4v) is 1.42. The Hall–Kier alpha value is -2.18. The number of carbonyl (C=O) groups is 1. The maximum Gasteiger partial charge on any atom is 0.341 e. The third-order valence-electron chi connectivity index (χ3n) is 2.19. The van der Waals surface area contributed by atoms with E-state index in [1.165, 1.54) is 10.7 Å². The maximum absolute atomic E-state index is 12.1. The molecule has 0 radical (unpaired) electrons. The lowest BCUT2D eigenvalue weighted by atomic mass is 10.2. The van der Waals surface area contributed by atoms with E-state index in [4.69, 9.17) is 5.11 Å². The Labute approximate surface area is 88.3 Å². The van der Waals surface area contributed by atoms with Gasteiger partial charge in [-0.3, -0.25) is 9.18 Å². The Bertz CT molecular complexity index is 602. The van der Waals surface area contributed by atoms with Gasteiger partial charge in [0.2, 0.25) is 0 Å². The first-order valence-electron chi connectivity index (χ1n) is 4.52. The quantitative estimate of drug-likeness (QED) is 0.782. The molecule has 0 spiro atoms. The van der Waals surface area contributed by atoms with E-state index in [1.807, 2.05) is 0 Å². The smallest absolute Gasteiger partial charge is 0.341 e. The van der Waals surface area contributed by atoms with Gasteiger partial charge in [0.1, 0.15) is 5.56 Å². The average Bonchev–Trinajstić information content (AvgIpc) is 2.61. The van der Waals surface area contributed by atoms with Crippen molar-refractivity contribution in [2.45, 2.75) is 6.42 Å². The fourth-order valence-electron chi connectivity index (χ4n) is 1.42. The Morgan fingerprint density at radius 2 is 2.38 bits per heavy atom. The van der Waals surface area contributed by atoms with Crippen LogP contribution in [0.4, 0.5) is 4.39 Å². The minimum atomic E-state index is -1.18. The molecule has 0 aliphatic heterocycles. The standard InChI is InChI=1S/C9H8FN3O3/c10-2-1-5-4-13-7(12-8(5)14)6(3-11-13)9(15)16/h3-4H,1-2H2,(H,12,14)(H,15,16). The largest absolute Gasteiger partial charge is 0.477 e. The van der Waals surface area contributed by atoms with Gasteiger partial charge in [-0.25, -0.2) is 9.31 Å². The molecule has 84 valence electrons. The second-order valence-electron chi connectivity index (χ2n) is 3.20. The minimum absolute atomic E-state index is 0.0203. The molecule has 0 amide bonds. The molecule has 2 rings (SSSR count). The van der Waals surface area contributed by atoms with Crippen molar-refractivity contribution >= 4 is 11.6 Å². The number of nitrogens with one attached hydrogen (secondary N) is 1. The number of aromatic nitrogens is 3. The zero-order chi connectivity index (χ0) is 11.7. The number of halogens is 1. The van der Waals surface area contributed by atoms with Crippen LogP contribution in [0.2, 0.25) is 0 Å². The molecule has 0 atom stereocenters. The van der Waals surface area contributed by atoms with E-state index in [0.717, 1.165) is 6.20 Å². The molecule has 2 heterocycles. The van der Waals surface area contributed by atoms with Crippen molar-refractivity contribution in [2.75, 3.05) is 6.67 Å². The van der Waals surface area contributed by atoms with Crippen LogP contribution in [-0.2, 0) is 6.42 Å². The van der Waals surface area contributed by atoms with Crippen LogP contribution in [0.1, 0.15) is 15.9 Å². The molecule has 7 heteroatoms. The van der Waals surface area contributed by atoms with Gasteiger partial charge in [0, 0.05) is 18.2 Å². The Balaban J connectivity index is 2.66. The van der Waals surface area contributed by atoms with Crippen LogP contribution < -0.4 is 5.56 Å². The van der Waals surface area contributed by atoms with Crippen LogP contribution in [0, 0.1) is 0 Å². The predicted molar refractivity (Wildman–Crippen MR) is 52.5 cm³/mol. The average molecular weight is 225 g/mol. The normalized spacial score (nSPS) is 10.8. The molecule has 0 bridgehead atoms. The minimum Gasteiger partial charge on any atom is -0.477 e. The number of hydrogen-bond acceptors (Lipinski definition) is 3. The van der Waals surface area contributed by atoms with Crippen molar-refractivity contribution in [3.63, 3.8) is 0 Å². The molecule has 0 saturated carbocycles. The summed E-state index contributed by atoms with van der Waals surface area (Å²) in [4.78, 5) is 24.6. The third kappa shape index (κ3) is 1.56. The van der Waals surface area contributed by atoms with Crippen molar-refractivity contribution in [3.8, 4) is 0 Å². The van der Waals surface area contributed by atoms with E-state index in [9.17, 15) is 14.0 Å². The molecule has 6 nitrogen and oxygen atoms in total. The highest BCUT2D eigenvalue weighted by Crippen LogP contribution is 2.06. The zero-order valence-electron chi connectivity index (χ0n) is 8.11. The first-order valence-corrected chi connectivity index (χ1v) is 4.52. The molecule has 0 fully saturated rings. The number of H-pyrrole nitrogens is 1. The summed E-state index contributed by atoms with van der Waals surface area (Å²) >= 11 is 0. The van der Waals surface area contributed by atoms with Gasteiger partial charge >= 0.3 is 5.97 Å². The van der Waals surface area contributed by atoms with Gasteiger partial charge in [-0.1, -0.05) is 0 Å². The van der Waals surface area contributed by atoms with Gasteiger partial charge in [0.05, 0.1) is 12.9 Å². The maximum atomic E-state index is 12.1. The summed E-state index contributed by atoms with van der Waals surface area (Å²) in [5.74, 6) is -1.18. The molecule has 2 N–H and O–H groups in total. The topological polar surface area (TPSA) is 87.5 Å².